The topological polar surface area (TPSA) is 17.8 Å². The SMILES string of the molecule is CCC(CC=C(Br)Br)n1cccn1. The van der Waals surface area contributed by atoms with Crippen LogP contribution < -0.4 is 0 Å². The van der Waals surface area contributed by atoms with Gasteiger partial charge in [0.2, 0.25) is 0 Å². The van der Waals surface area contributed by atoms with Gasteiger partial charge in [0.15, 0.2) is 0 Å². The molecule has 0 radical (unpaired) electrons. The molecule has 0 saturated heterocycles. The number of rotatable bonds is 4. The lowest BCUT2D eigenvalue weighted by Gasteiger charge is -2.12. The zero-order valence-corrected chi connectivity index (χ0v) is 10.6. The summed E-state index contributed by atoms with van der Waals surface area (Å²) in [5.74, 6) is 0. The van der Waals surface area contributed by atoms with E-state index >= 15 is 0 Å². The van der Waals surface area contributed by atoms with Gasteiger partial charge in [0.1, 0.15) is 0 Å². The molecule has 4 heteroatoms. The monoisotopic (exact) mass is 306 g/mol. The average molecular weight is 308 g/mol. The molecule has 0 aromatic carbocycles. The Kier molecular flexibility index (Phi) is 4.73. The van der Waals surface area contributed by atoms with E-state index in [1.807, 2.05) is 23.1 Å². The summed E-state index contributed by atoms with van der Waals surface area (Å²) >= 11 is 6.69. The van der Waals surface area contributed by atoms with Crippen LogP contribution in [-0.4, -0.2) is 9.78 Å². The fourth-order valence-corrected chi connectivity index (χ4v) is 1.56. The number of hydrogen-bond acceptors (Lipinski definition) is 1. The van der Waals surface area contributed by atoms with Crippen LogP contribution in [0, 0.1) is 0 Å². The highest BCUT2D eigenvalue weighted by Gasteiger charge is 2.06. The summed E-state index contributed by atoms with van der Waals surface area (Å²) in [6, 6.07) is 2.41. The van der Waals surface area contributed by atoms with Crippen molar-refractivity contribution in [3.8, 4) is 0 Å². The van der Waals surface area contributed by atoms with Crippen molar-refractivity contribution in [3.63, 3.8) is 0 Å². The van der Waals surface area contributed by atoms with Crippen LogP contribution in [0.25, 0.3) is 0 Å². The summed E-state index contributed by atoms with van der Waals surface area (Å²) in [6.45, 7) is 2.17. The highest BCUT2D eigenvalue weighted by molar-refractivity contribution is 9.28. The molecule has 1 aromatic rings. The third-order valence-corrected chi connectivity index (χ3v) is 2.56. The maximum Gasteiger partial charge on any atom is 0.0565 e. The summed E-state index contributed by atoms with van der Waals surface area (Å²) in [7, 11) is 0. The molecule has 1 heterocycles. The van der Waals surface area contributed by atoms with Gasteiger partial charge in [-0.15, -0.1) is 0 Å². The Morgan fingerprint density at radius 3 is 2.85 bits per heavy atom. The molecule has 0 N–H and O–H groups in total. The van der Waals surface area contributed by atoms with Crippen molar-refractivity contribution in [3.05, 3.63) is 27.9 Å². The summed E-state index contributed by atoms with van der Waals surface area (Å²) < 4.78 is 3.00. The van der Waals surface area contributed by atoms with E-state index in [0.29, 0.717) is 6.04 Å². The largest absolute Gasteiger partial charge is 0.269 e. The van der Waals surface area contributed by atoms with E-state index in [9.17, 15) is 0 Å². The van der Waals surface area contributed by atoms with Crippen molar-refractivity contribution in [1.29, 1.82) is 0 Å². The normalized spacial score (nSPS) is 12.5. The quantitative estimate of drug-likeness (QED) is 0.826. The first-order valence-electron chi connectivity index (χ1n) is 4.24. The van der Waals surface area contributed by atoms with Crippen molar-refractivity contribution < 1.29 is 0 Å². The molecule has 0 amide bonds. The van der Waals surface area contributed by atoms with Gasteiger partial charge >= 0.3 is 0 Å². The number of nitrogens with zero attached hydrogens (tertiary/aromatic N) is 2. The van der Waals surface area contributed by atoms with Crippen molar-refractivity contribution >= 4 is 31.9 Å². The van der Waals surface area contributed by atoms with E-state index in [-0.39, 0.29) is 0 Å². The van der Waals surface area contributed by atoms with Gasteiger partial charge in [0.25, 0.3) is 0 Å². The molecule has 1 aromatic heterocycles. The second kappa shape index (κ2) is 5.60. The summed E-state index contributed by atoms with van der Waals surface area (Å²) in [5, 5.41) is 4.22. The Labute approximate surface area is 95.3 Å². The lowest BCUT2D eigenvalue weighted by atomic mass is 10.1. The molecule has 13 heavy (non-hydrogen) atoms. The highest BCUT2D eigenvalue weighted by atomic mass is 79.9. The van der Waals surface area contributed by atoms with Crippen LogP contribution in [0.2, 0.25) is 0 Å². The molecular formula is C9H12Br2N2. The Morgan fingerprint density at radius 2 is 2.38 bits per heavy atom. The zero-order valence-electron chi connectivity index (χ0n) is 7.45. The lowest BCUT2D eigenvalue weighted by Crippen LogP contribution is -2.07. The standard InChI is InChI=1S/C9H12Br2N2/c1-2-8(4-5-9(10)11)13-7-3-6-12-13/h3,5-8H,2,4H2,1H3. The number of aromatic nitrogens is 2. The van der Waals surface area contributed by atoms with Crippen LogP contribution in [0.15, 0.2) is 27.9 Å². The maximum absolute atomic E-state index is 4.22. The predicted octanol–water partition coefficient (Wildman–Crippen LogP) is 3.86. The highest BCUT2D eigenvalue weighted by Crippen LogP contribution is 2.20. The molecule has 1 rings (SSSR count). The minimum atomic E-state index is 0.458. The van der Waals surface area contributed by atoms with E-state index in [4.69, 9.17) is 0 Å². The minimum absolute atomic E-state index is 0.458. The molecule has 1 atom stereocenters. The van der Waals surface area contributed by atoms with E-state index in [2.05, 4.69) is 50.0 Å². The first kappa shape index (κ1) is 11.0. The van der Waals surface area contributed by atoms with Gasteiger partial charge < -0.3 is 0 Å². The van der Waals surface area contributed by atoms with Crippen molar-refractivity contribution in [1.82, 2.24) is 9.78 Å². The first-order valence-corrected chi connectivity index (χ1v) is 5.83. The van der Waals surface area contributed by atoms with Gasteiger partial charge in [-0.3, -0.25) is 4.68 Å². The molecule has 0 saturated carbocycles. The van der Waals surface area contributed by atoms with E-state index in [1.165, 1.54) is 0 Å². The number of allylic oxidation sites excluding steroid dienone is 1. The van der Waals surface area contributed by atoms with Crippen molar-refractivity contribution in [2.75, 3.05) is 0 Å². The Hall–Kier alpha value is -0.0900. The molecule has 0 aliphatic carbocycles. The molecule has 0 aliphatic rings. The third-order valence-electron chi connectivity index (χ3n) is 1.91. The maximum atomic E-state index is 4.22. The Morgan fingerprint density at radius 1 is 1.62 bits per heavy atom. The van der Waals surface area contributed by atoms with Gasteiger partial charge in [-0.1, -0.05) is 13.0 Å². The Balaban J connectivity index is 2.59. The average Bonchev–Trinajstić information content (AvgIpc) is 2.58. The van der Waals surface area contributed by atoms with Gasteiger partial charge in [0, 0.05) is 12.4 Å². The smallest absolute Gasteiger partial charge is 0.0565 e. The molecule has 1 unspecified atom stereocenters. The second-order valence-electron chi connectivity index (χ2n) is 2.78. The number of hydrogen-bond donors (Lipinski definition) is 0. The second-order valence-corrected chi connectivity index (χ2v) is 5.55. The molecule has 2 nitrogen and oxygen atoms in total. The number of halogens is 2. The minimum Gasteiger partial charge on any atom is -0.269 e. The Bertz CT molecular complexity index is 263. The van der Waals surface area contributed by atoms with Crippen molar-refractivity contribution in [2.45, 2.75) is 25.8 Å². The molecule has 0 aliphatic heterocycles. The van der Waals surface area contributed by atoms with E-state index in [0.717, 1.165) is 16.2 Å². The van der Waals surface area contributed by atoms with Crippen LogP contribution in [0.5, 0.6) is 0 Å². The molecule has 0 fully saturated rings. The molecule has 72 valence electrons. The van der Waals surface area contributed by atoms with Crippen LogP contribution in [0.4, 0.5) is 0 Å². The summed E-state index contributed by atoms with van der Waals surface area (Å²) in [5.41, 5.74) is 0. The van der Waals surface area contributed by atoms with Gasteiger partial charge in [-0.05, 0) is 50.8 Å². The summed E-state index contributed by atoms with van der Waals surface area (Å²) in [6.07, 6.45) is 8.00. The third kappa shape index (κ3) is 3.65. The predicted molar refractivity (Wildman–Crippen MR) is 62.1 cm³/mol. The van der Waals surface area contributed by atoms with Crippen LogP contribution in [-0.2, 0) is 0 Å². The van der Waals surface area contributed by atoms with E-state index < -0.39 is 0 Å². The lowest BCUT2D eigenvalue weighted by molar-refractivity contribution is 0.445. The molecule has 0 spiro atoms. The molecule has 0 bridgehead atoms. The fraction of sp³-hybridized carbons (Fsp3) is 0.444. The van der Waals surface area contributed by atoms with Crippen LogP contribution >= 0.6 is 31.9 Å². The van der Waals surface area contributed by atoms with Gasteiger partial charge in [0.05, 0.1) is 9.43 Å². The zero-order chi connectivity index (χ0) is 9.68. The van der Waals surface area contributed by atoms with E-state index in [1.54, 1.807) is 0 Å². The first-order chi connectivity index (χ1) is 6.24. The van der Waals surface area contributed by atoms with Gasteiger partial charge in [-0.2, -0.15) is 5.10 Å². The summed E-state index contributed by atoms with van der Waals surface area (Å²) in [4.78, 5) is 0. The fourth-order valence-electron chi connectivity index (χ4n) is 1.18. The molecular weight excluding hydrogens is 296 g/mol. The van der Waals surface area contributed by atoms with Crippen molar-refractivity contribution in [2.24, 2.45) is 0 Å². The van der Waals surface area contributed by atoms with Crippen LogP contribution in [0.1, 0.15) is 25.8 Å². The van der Waals surface area contributed by atoms with Crippen LogP contribution in [0.3, 0.4) is 0 Å². The van der Waals surface area contributed by atoms with Gasteiger partial charge in [-0.25, -0.2) is 0 Å².